The Morgan fingerprint density at radius 3 is 2.49 bits per heavy atom. The number of aromatic nitrogens is 3. The number of fused-ring (bicyclic) bond motifs is 2. The SMILES string of the molecule is CCC(=O)COc1cc2cc(Nc3nc(N4CCN(CC5CCN(c6cccc7c6CN(C6CCC(=O)NC6=O)C7=O)CC5)CC4)ncc3Cl)ccc2n(C(C)C)c1=O. The van der Waals surface area contributed by atoms with Crippen molar-refractivity contribution in [2.45, 2.75) is 71.5 Å². The number of carbonyl (C=O) groups excluding carboxylic acids is 4. The van der Waals surface area contributed by atoms with E-state index in [2.05, 4.69) is 36.4 Å². The van der Waals surface area contributed by atoms with E-state index in [4.69, 9.17) is 21.3 Å². The van der Waals surface area contributed by atoms with Crippen LogP contribution in [0.25, 0.3) is 10.9 Å². The number of amides is 3. The third-order valence-electron chi connectivity index (χ3n) is 12.0. The normalized spacial score (nSPS) is 19.1. The molecule has 1 unspecified atom stereocenters. The van der Waals surface area contributed by atoms with Crippen molar-refractivity contribution in [2.24, 2.45) is 5.92 Å². The minimum Gasteiger partial charge on any atom is -0.480 e. The number of nitrogens with zero attached hydrogens (tertiary/aromatic N) is 7. The Morgan fingerprint density at radius 1 is 0.983 bits per heavy atom. The summed E-state index contributed by atoms with van der Waals surface area (Å²) in [5, 5.41) is 6.89. The van der Waals surface area contributed by atoms with Gasteiger partial charge in [0.1, 0.15) is 17.7 Å². The van der Waals surface area contributed by atoms with Crippen LogP contribution >= 0.6 is 11.6 Å². The van der Waals surface area contributed by atoms with Crippen LogP contribution in [0.2, 0.25) is 5.02 Å². The van der Waals surface area contributed by atoms with Crippen LogP contribution in [0.4, 0.5) is 23.1 Å². The highest BCUT2D eigenvalue weighted by Gasteiger charge is 2.40. The van der Waals surface area contributed by atoms with Crippen molar-refractivity contribution >= 4 is 69.1 Å². The molecule has 4 aromatic rings. The van der Waals surface area contributed by atoms with Gasteiger partial charge in [0, 0.05) is 99.1 Å². The molecule has 16 heteroatoms. The van der Waals surface area contributed by atoms with Crippen LogP contribution < -0.4 is 30.7 Å². The summed E-state index contributed by atoms with van der Waals surface area (Å²) in [6, 6.07) is 12.5. The van der Waals surface area contributed by atoms with Crippen molar-refractivity contribution in [3.8, 4) is 5.75 Å². The number of carbonyl (C=O) groups is 4. The summed E-state index contributed by atoms with van der Waals surface area (Å²) in [6.45, 7) is 12.0. The first kappa shape index (κ1) is 40.2. The van der Waals surface area contributed by atoms with Crippen LogP contribution in [0.15, 0.2) is 53.5 Å². The third kappa shape index (κ3) is 8.35. The summed E-state index contributed by atoms with van der Waals surface area (Å²) in [5.74, 6) is 0.854. The number of benzene rings is 2. The minimum atomic E-state index is -0.623. The molecule has 2 aromatic carbocycles. The Hall–Kier alpha value is -5.54. The van der Waals surface area contributed by atoms with E-state index in [0.717, 1.165) is 86.5 Å². The molecule has 6 heterocycles. The molecular formula is C43H50ClN9O6. The van der Waals surface area contributed by atoms with Crippen LogP contribution in [0.3, 0.4) is 0 Å². The van der Waals surface area contributed by atoms with Gasteiger partial charge in [-0.1, -0.05) is 24.6 Å². The molecule has 59 heavy (non-hydrogen) atoms. The fraction of sp³-hybridized carbons (Fsp3) is 0.465. The Labute approximate surface area is 347 Å². The van der Waals surface area contributed by atoms with E-state index in [0.29, 0.717) is 47.7 Å². The monoisotopic (exact) mass is 823 g/mol. The predicted octanol–water partition coefficient (Wildman–Crippen LogP) is 4.93. The van der Waals surface area contributed by atoms with Crippen LogP contribution in [0.1, 0.15) is 74.8 Å². The molecule has 4 aliphatic heterocycles. The Morgan fingerprint density at radius 2 is 1.76 bits per heavy atom. The topological polar surface area (TPSA) is 162 Å². The van der Waals surface area contributed by atoms with Crippen molar-refractivity contribution in [1.82, 2.24) is 29.7 Å². The maximum atomic E-state index is 13.4. The summed E-state index contributed by atoms with van der Waals surface area (Å²) >= 11 is 6.61. The van der Waals surface area contributed by atoms with Crippen LogP contribution in [-0.4, -0.2) is 106 Å². The summed E-state index contributed by atoms with van der Waals surface area (Å²) in [7, 11) is 0. The summed E-state index contributed by atoms with van der Waals surface area (Å²) in [5.41, 5.74) is 3.88. The lowest BCUT2D eigenvalue weighted by molar-refractivity contribution is -0.137. The lowest BCUT2D eigenvalue weighted by Crippen LogP contribution is -2.52. The zero-order valence-electron chi connectivity index (χ0n) is 33.7. The Bertz CT molecular complexity index is 2350. The molecule has 2 aromatic heterocycles. The number of ether oxygens (including phenoxy) is 1. The maximum Gasteiger partial charge on any atom is 0.293 e. The second-order valence-corrected chi connectivity index (χ2v) is 16.6. The number of piperazine rings is 1. The maximum absolute atomic E-state index is 13.4. The number of rotatable bonds is 12. The quantitative estimate of drug-likeness (QED) is 0.186. The molecule has 3 amide bonds. The van der Waals surface area contributed by atoms with Crippen LogP contribution in [0, 0.1) is 5.92 Å². The third-order valence-corrected chi connectivity index (χ3v) is 12.3. The number of piperidine rings is 2. The molecule has 3 saturated heterocycles. The molecule has 4 aliphatic rings. The number of nitrogens with one attached hydrogen (secondary N) is 2. The van der Waals surface area contributed by atoms with Crippen molar-refractivity contribution in [3.63, 3.8) is 0 Å². The minimum absolute atomic E-state index is 0.0833. The predicted molar refractivity (Wildman–Crippen MR) is 226 cm³/mol. The lowest BCUT2D eigenvalue weighted by atomic mass is 9.94. The van der Waals surface area contributed by atoms with E-state index < -0.39 is 11.9 Å². The largest absolute Gasteiger partial charge is 0.480 e. The average Bonchev–Trinajstić information content (AvgIpc) is 3.57. The van der Waals surface area contributed by atoms with Crippen molar-refractivity contribution in [3.05, 3.63) is 75.2 Å². The highest BCUT2D eigenvalue weighted by atomic mass is 35.5. The van der Waals surface area contributed by atoms with Gasteiger partial charge in [-0.25, -0.2) is 4.98 Å². The fourth-order valence-electron chi connectivity index (χ4n) is 8.73. The van der Waals surface area contributed by atoms with Gasteiger partial charge in [0.05, 0.1) is 11.7 Å². The lowest BCUT2D eigenvalue weighted by Gasteiger charge is -2.39. The number of halogens is 1. The molecule has 8 rings (SSSR count). The molecular weight excluding hydrogens is 774 g/mol. The van der Waals surface area contributed by atoms with Gasteiger partial charge in [0.2, 0.25) is 17.8 Å². The number of ketones is 1. The average molecular weight is 824 g/mol. The van der Waals surface area contributed by atoms with Gasteiger partial charge in [-0.05, 0) is 75.4 Å². The van der Waals surface area contributed by atoms with Crippen molar-refractivity contribution in [2.75, 3.05) is 67.5 Å². The van der Waals surface area contributed by atoms with Crippen LogP contribution in [-0.2, 0) is 20.9 Å². The Balaban J connectivity index is 0.862. The standard InChI is InChI=1S/C43H50ClN9O6/c1-4-30(54)25-59-37-21-28-20-29(8-9-34(28)53(26(2)3)42(37)58)46-39-33(44)22-45-43(48-39)51-18-16-49(17-19-51)23-27-12-14-50(15-13-27)35-7-5-6-31-32(35)24-52(41(31)57)36-10-11-38(55)47-40(36)56/h5-9,20-22,26-27,36H,4,10-19,23-25H2,1-3H3,(H,45,46,48)(H,47,55,56). The first-order chi connectivity index (χ1) is 28.5. The number of hydrogen-bond donors (Lipinski definition) is 2. The molecule has 2 N–H and O–H groups in total. The first-order valence-electron chi connectivity index (χ1n) is 20.6. The molecule has 0 bridgehead atoms. The Kier molecular flexibility index (Phi) is 11.6. The van der Waals surface area contributed by atoms with E-state index in [-0.39, 0.29) is 48.0 Å². The van der Waals surface area contributed by atoms with Gasteiger partial charge >= 0.3 is 0 Å². The highest BCUT2D eigenvalue weighted by molar-refractivity contribution is 6.33. The molecule has 0 radical (unpaired) electrons. The molecule has 0 spiro atoms. The number of pyridine rings is 1. The van der Waals surface area contributed by atoms with E-state index in [1.165, 1.54) is 0 Å². The van der Waals surface area contributed by atoms with Crippen LogP contribution in [0.5, 0.6) is 5.75 Å². The number of imide groups is 1. The zero-order chi connectivity index (χ0) is 41.4. The number of anilines is 4. The van der Waals surface area contributed by atoms with Gasteiger partial charge in [0.25, 0.3) is 11.5 Å². The molecule has 0 saturated carbocycles. The number of hydrogen-bond acceptors (Lipinski definition) is 12. The number of Topliss-reactive ketones (excluding diaryl/α,β-unsaturated/α-hetero) is 1. The van der Waals surface area contributed by atoms with Crippen molar-refractivity contribution < 1.29 is 23.9 Å². The second-order valence-electron chi connectivity index (χ2n) is 16.1. The summed E-state index contributed by atoms with van der Waals surface area (Å²) in [6.07, 6.45) is 4.62. The molecule has 3 fully saturated rings. The van der Waals surface area contributed by atoms with Gasteiger partial charge < -0.3 is 29.3 Å². The molecule has 15 nitrogen and oxygen atoms in total. The van der Waals surface area contributed by atoms with Gasteiger partial charge in [0.15, 0.2) is 17.4 Å². The summed E-state index contributed by atoms with van der Waals surface area (Å²) in [4.78, 5) is 81.0. The smallest absolute Gasteiger partial charge is 0.293 e. The summed E-state index contributed by atoms with van der Waals surface area (Å²) < 4.78 is 7.35. The molecule has 0 aliphatic carbocycles. The second kappa shape index (κ2) is 17.0. The van der Waals surface area contributed by atoms with Gasteiger partial charge in [-0.2, -0.15) is 4.98 Å². The van der Waals surface area contributed by atoms with Crippen molar-refractivity contribution in [1.29, 1.82) is 0 Å². The zero-order valence-corrected chi connectivity index (χ0v) is 34.5. The fourth-order valence-corrected chi connectivity index (χ4v) is 8.87. The van der Waals surface area contributed by atoms with E-state index in [1.54, 1.807) is 28.7 Å². The van der Waals surface area contributed by atoms with Gasteiger partial charge in [-0.15, -0.1) is 0 Å². The van der Waals surface area contributed by atoms with E-state index in [1.807, 2.05) is 44.2 Å². The molecule has 1 atom stereocenters. The molecule has 310 valence electrons. The first-order valence-corrected chi connectivity index (χ1v) is 21.0. The van der Waals surface area contributed by atoms with Gasteiger partial charge in [-0.3, -0.25) is 34.2 Å². The van der Waals surface area contributed by atoms with E-state index >= 15 is 0 Å². The highest BCUT2D eigenvalue weighted by Crippen LogP contribution is 2.36. The van der Waals surface area contributed by atoms with E-state index in [9.17, 15) is 24.0 Å².